The highest BCUT2D eigenvalue weighted by Crippen LogP contribution is 2.22. The average molecular weight is 387 g/mol. The van der Waals surface area contributed by atoms with Gasteiger partial charge in [0, 0.05) is 44.5 Å². The van der Waals surface area contributed by atoms with E-state index >= 15 is 0 Å². The fraction of sp³-hybridized carbons (Fsp3) is 0.250. The third-order valence-electron chi connectivity index (χ3n) is 5.40. The Bertz CT molecular complexity index is 1040. The van der Waals surface area contributed by atoms with E-state index in [4.69, 9.17) is 0 Å². The van der Waals surface area contributed by atoms with Crippen LogP contribution in [0, 0.1) is 0 Å². The Morgan fingerprint density at radius 1 is 0.862 bits per heavy atom. The molecular weight excluding hydrogens is 362 g/mol. The van der Waals surface area contributed by atoms with E-state index in [0.29, 0.717) is 6.42 Å². The van der Waals surface area contributed by atoms with Crippen LogP contribution in [-0.4, -0.2) is 42.9 Å². The SMILES string of the molecule is CC(=O)N1CCN(c2cccc(NC(=O)Cc3ccc4ccccc4c3)c2)CC1. The second-order valence-corrected chi connectivity index (χ2v) is 7.45. The van der Waals surface area contributed by atoms with E-state index in [1.165, 1.54) is 5.39 Å². The molecule has 5 nitrogen and oxygen atoms in total. The third-order valence-corrected chi connectivity index (χ3v) is 5.40. The Hall–Kier alpha value is -3.34. The summed E-state index contributed by atoms with van der Waals surface area (Å²) in [5.74, 6) is 0.0955. The van der Waals surface area contributed by atoms with Gasteiger partial charge in [0.25, 0.3) is 0 Å². The molecule has 1 N–H and O–H groups in total. The number of rotatable bonds is 4. The van der Waals surface area contributed by atoms with Crippen LogP contribution >= 0.6 is 0 Å². The van der Waals surface area contributed by atoms with Crippen molar-refractivity contribution in [3.05, 3.63) is 72.3 Å². The minimum Gasteiger partial charge on any atom is -0.368 e. The van der Waals surface area contributed by atoms with Crippen molar-refractivity contribution in [1.82, 2.24) is 4.90 Å². The molecule has 148 valence electrons. The highest BCUT2D eigenvalue weighted by Gasteiger charge is 2.19. The Labute approximate surface area is 170 Å². The van der Waals surface area contributed by atoms with Crippen LogP contribution in [0.2, 0.25) is 0 Å². The number of carbonyl (C=O) groups is 2. The maximum absolute atomic E-state index is 12.6. The zero-order chi connectivity index (χ0) is 20.2. The third kappa shape index (κ3) is 4.57. The molecule has 1 aliphatic rings. The first-order valence-electron chi connectivity index (χ1n) is 9.96. The minimum atomic E-state index is -0.0289. The van der Waals surface area contributed by atoms with Crippen LogP contribution in [0.4, 0.5) is 11.4 Å². The summed E-state index contributed by atoms with van der Waals surface area (Å²) in [6.45, 7) is 4.67. The van der Waals surface area contributed by atoms with Gasteiger partial charge in [-0.3, -0.25) is 9.59 Å². The van der Waals surface area contributed by atoms with E-state index in [1.807, 2.05) is 47.4 Å². The average Bonchev–Trinajstić information content (AvgIpc) is 2.74. The van der Waals surface area contributed by atoms with Gasteiger partial charge >= 0.3 is 0 Å². The summed E-state index contributed by atoms with van der Waals surface area (Å²) >= 11 is 0. The van der Waals surface area contributed by atoms with Gasteiger partial charge in [-0.25, -0.2) is 0 Å². The Morgan fingerprint density at radius 3 is 2.38 bits per heavy atom. The highest BCUT2D eigenvalue weighted by atomic mass is 16.2. The molecule has 0 aliphatic carbocycles. The molecule has 3 aromatic rings. The van der Waals surface area contributed by atoms with Crippen LogP contribution in [0.3, 0.4) is 0 Å². The monoisotopic (exact) mass is 387 g/mol. The molecule has 3 aromatic carbocycles. The molecule has 1 saturated heterocycles. The number of nitrogens with one attached hydrogen (secondary N) is 1. The van der Waals surface area contributed by atoms with Gasteiger partial charge in [0.1, 0.15) is 0 Å². The fourth-order valence-electron chi connectivity index (χ4n) is 3.80. The number of piperazine rings is 1. The zero-order valence-corrected chi connectivity index (χ0v) is 16.6. The van der Waals surface area contributed by atoms with Crippen LogP contribution in [0.15, 0.2) is 66.7 Å². The molecule has 0 unspecified atom stereocenters. The summed E-state index contributed by atoms with van der Waals surface area (Å²) in [5.41, 5.74) is 2.86. The largest absolute Gasteiger partial charge is 0.368 e. The van der Waals surface area contributed by atoms with Crippen molar-refractivity contribution in [2.75, 3.05) is 36.4 Å². The van der Waals surface area contributed by atoms with Crippen LogP contribution < -0.4 is 10.2 Å². The van der Waals surface area contributed by atoms with Crippen molar-refractivity contribution in [3.8, 4) is 0 Å². The first-order valence-corrected chi connectivity index (χ1v) is 9.96. The Morgan fingerprint density at radius 2 is 1.62 bits per heavy atom. The van der Waals surface area contributed by atoms with Crippen LogP contribution in [-0.2, 0) is 16.0 Å². The summed E-state index contributed by atoms with van der Waals surface area (Å²) in [4.78, 5) is 28.2. The number of carbonyl (C=O) groups excluding carboxylic acids is 2. The number of hydrogen-bond donors (Lipinski definition) is 1. The maximum Gasteiger partial charge on any atom is 0.228 e. The highest BCUT2D eigenvalue weighted by molar-refractivity contribution is 5.93. The van der Waals surface area contributed by atoms with Crippen LogP contribution in [0.1, 0.15) is 12.5 Å². The number of nitrogens with zero attached hydrogens (tertiary/aromatic N) is 2. The first-order chi connectivity index (χ1) is 14.1. The molecule has 2 amide bonds. The molecule has 1 fully saturated rings. The second-order valence-electron chi connectivity index (χ2n) is 7.45. The van der Waals surface area contributed by atoms with Crippen molar-refractivity contribution in [1.29, 1.82) is 0 Å². The fourth-order valence-corrected chi connectivity index (χ4v) is 3.80. The molecule has 0 atom stereocenters. The number of benzene rings is 3. The minimum absolute atomic E-state index is 0.0289. The molecule has 0 radical (unpaired) electrons. The second kappa shape index (κ2) is 8.35. The summed E-state index contributed by atoms with van der Waals surface area (Å²) in [6, 6.07) is 22.2. The van der Waals surface area contributed by atoms with Gasteiger partial charge < -0.3 is 15.1 Å². The van der Waals surface area contributed by atoms with Gasteiger partial charge in [-0.1, -0.05) is 48.5 Å². The Kier molecular flexibility index (Phi) is 5.47. The Balaban J connectivity index is 1.39. The van der Waals surface area contributed by atoms with E-state index in [-0.39, 0.29) is 11.8 Å². The van der Waals surface area contributed by atoms with Crippen molar-refractivity contribution < 1.29 is 9.59 Å². The van der Waals surface area contributed by atoms with Gasteiger partial charge in [0.15, 0.2) is 0 Å². The van der Waals surface area contributed by atoms with Gasteiger partial charge in [-0.2, -0.15) is 0 Å². The van der Waals surface area contributed by atoms with Crippen molar-refractivity contribution >= 4 is 34.0 Å². The summed E-state index contributed by atoms with van der Waals surface area (Å²) in [7, 11) is 0. The summed E-state index contributed by atoms with van der Waals surface area (Å²) < 4.78 is 0. The lowest BCUT2D eigenvalue weighted by Crippen LogP contribution is -2.48. The molecule has 0 saturated carbocycles. The maximum atomic E-state index is 12.6. The van der Waals surface area contributed by atoms with Crippen molar-refractivity contribution in [2.24, 2.45) is 0 Å². The molecule has 1 heterocycles. The molecule has 1 aliphatic heterocycles. The van der Waals surface area contributed by atoms with Crippen LogP contribution in [0.5, 0.6) is 0 Å². The lowest BCUT2D eigenvalue weighted by molar-refractivity contribution is -0.129. The van der Waals surface area contributed by atoms with E-state index in [2.05, 4.69) is 34.5 Å². The lowest BCUT2D eigenvalue weighted by Gasteiger charge is -2.35. The number of fused-ring (bicyclic) bond motifs is 1. The smallest absolute Gasteiger partial charge is 0.228 e. The predicted octanol–water partition coefficient (Wildman–Crippen LogP) is 3.69. The molecule has 0 aromatic heterocycles. The first kappa shape index (κ1) is 19.0. The molecule has 0 spiro atoms. The van der Waals surface area contributed by atoms with Crippen LogP contribution in [0.25, 0.3) is 10.8 Å². The zero-order valence-electron chi connectivity index (χ0n) is 16.6. The molecule has 5 heteroatoms. The topological polar surface area (TPSA) is 52.7 Å². The number of anilines is 2. The van der Waals surface area contributed by atoms with E-state index < -0.39 is 0 Å². The normalized spacial score (nSPS) is 14.1. The van der Waals surface area contributed by atoms with E-state index in [1.54, 1.807) is 6.92 Å². The molecule has 0 bridgehead atoms. The number of amides is 2. The van der Waals surface area contributed by atoms with E-state index in [9.17, 15) is 9.59 Å². The van der Waals surface area contributed by atoms with Crippen molar-refractivity contribution in [2.45, 2.75) is 13.3 Å². The van der Waals surface area contributed by atoms with Gasteiger partial charge in [-0.05, 0) is 34.5 Å². The van der Waals surface area contributed by atoms with E-state index in [0.717, 1.165) is 48.5 Å². The van der Waals surface area contributed by atoms with Gasteiger partial charge in [0.2, 0.25) is 11.8 Å². The molecule has 4 rings (SSSR count). The standard InChI is InChI=1S/C24H25N3O2/c1-18(28)26-11-13-27(14-12-26)23-8-4-7-22(17-23)25-24(29)16-19-9-10-20-5-2-3-6-21(20)15-19/h2-10,15,17H,11-14,16H2,1H3,(H,25,29). The summed E-state index contributed by atoms with van der Waals surface area (Å²) in [6.07, 6.45) is 0.340. The molecular formula is C24H25N3O2. The molecule has 29 heavy (non-hydrogen) atoms. The van der Waals surface area contributed by atoms with Gasteiger partial charge in [-0.15, -0.1) is 0 Å². The summed E-state index contributed by atoms with van der Waals surface area (Å²) in [5, 5.41) is 5.33. The number of hydrogen-bond acceptors (Lipinski definition) is 3. The lowest BCUT2D eigenvalue weighted by atomic mass is 10.0. The predicted molar refractivity (Wildman–Crippen MR) is 117 cm³/mol. The quantitative estimate of drug-likeness (QED) is 0.743. The van der Waals surface area contributed by atoms with Gasteiger partial charge in [0.05, 0.1) is 6.42 Å². The van der Waals surface area contributed by atoms with Crippen molar-refractivity contribution in [3.63, 3.8) is 0 Å².